The monoisotopic (exact) mass is 189 g/mol. The van der Waals surface area contributed by atoms with E-state index in [2.05, 4.69) is 4.98 Å². The molecule has 0 bridgehead atoms. The maximum atomic E-state index is 8.68. The zero-order chi connectivity index (χ0) is 10.4. The molecule has 0 saturated carbocycles. The molecular formula is C10H11N3O. The molecule has 0 radical (unpaired) electrons. The van der Waals surface area contributed by atoms with Crippen LogP contribution in [-0.4, -0.2) is 16.7 Å². The van der Waals surface area contributed by atoms with Crippen LogP contribution in [0.3, 0.4) is 0 Å². The van der Waals surface area contributed by atoms with Crippen LogP contribution in [0.2, 0.25) is 0 Å². The average molecular weight is 189 g/mol. The maximum Gasteiger partial charge on any atom is 0.141 e. The number of aromatic nitrogens is 1. The fraction of sp³-hybridized carbons (Fsp3) is 0.200. The zero-order valence-corrected chi connectivity index (χ0v) is 7.64. The van der Waals surface area contributed by atoms with Crippen LogP contribution < -0.4 is 5.73 Å². The van der Waals surface area contributed by atoms with Gasteiger partial charge < -0.3 is 10.8 Å². The number of hydrogen-bond acceptors (Lipinski definition) is 4. The van der Waals surface area contributed by atoms with Gasteiger partial charge in [-0.25, -0.2) is 4.98 Å². The number of rotatable bonds is 3. The molecule has 14 heavy (non-hydrogen) atoms. The second kappa shape index (κ2) is 5.00. The molecule has 0 fully saturated rings. The van der Waals surface area contributed by atoms with Crippen LogP contribution in [0.15, 0.2) is 18.3 Å². The van der Waals surface area contributed by atoms with Gasteiger partial charge in [0.15, 0.2) is 0 Å². The summed E-state index contributed by atoms with van der Waals surface area (Å²) in [6, 6.07) is 3.62. The fourth-order valence-electron chi connectivity index (χ4n) is 0.966. The van der Waals surface area contributed by atoms with E-state index < -0.39 is 0 Å². The van der Waals surface area contributed by atoms with Crippen LogP contribution in [0.25, 0.3) is 6.08 Å². The molecule has 1 heterocycles. The Labute approximate surface area is 82.3 Å². The van der Waals surface area contributed by atoms with Gasteiger partial charge >= 0.3 is 0 Å². The largest absolute Gasteiger partial charge is 0.396 e. The van der Waals surface area contributed by atoms with E-state index in [-0.39, 0.29) is 12.4 Å². The van der Waals surface area contributed by atoms with Crippen molar-refractivity contribution in [1.82, 2.24) is 4.98 Å². The number of aliphatic hydroxyl groups is 1. The highest BCUT2D eigenvalue weighted by Crippen LogP contribution is 2.10. The molecular weight excluding hydrogens is 178 g/mol. The van der Waals surface area contributed by atoms with Crippen molar-refractivity contribution in [2.24, 2.45) is 0 Å². The molecule has 0 aromatic carbocycles. The predicted octanol–water partition coefficient (Wildman–Crippen LogP) is 0.931. The Balaban J connectivity index is 2.86. The molecule has 0 saturated heterocycles. The number of anilines is 1. The first kappa shape index (κ1) is 10.2. The van der Waals surface area contributed by atoms with Gasteiger partial charge in [-0.15, -0.1) is 0 Å². The first-order valence-corrected chi connectivity index (χ1v) is 4.21. The zero-order valence-electron chi connectivity index (χ0n) is 7.64. The Morgan fingerprint density at radius 3 is 3.07 bits per heavy atom. The van der Waals surface area contributed by atoms with E-state index in [9.17, 15) is 0 Å². The van der Waals surface area contributed by atoms with Crippen molar-refractivity contribution in [1.29, 1.82) is 5.26 Å². The minimum atomic E-state index is 0.115. The number of pyridine rings is 1. The van der Waals surface area contributed by atoms with Crippen LogP contribution in [-0.2, 0) is 0 Å². The summed E-state index contributed by atoms with van der Waals surface area (Å²) in [5, 5.41) is 17.2. The summed E-state index contributed by atoms with van der Waals surface area (Å²) >= 11 is 0. The third kappa shape index (κ3) is 2.57. The van der Waals surface area contributed by atoms with Gasteiger partial charge in [0, 0.05) is 12.8 Å². The fourth-order valence-corrected chi connectivity index (χ4v) is 0.966. The maximum absolute atomic E-state index is 8.68. The SMILES string of the molecule is N#Cc1cc(C=CCCO)cnc1N. The lowest BCUT2D eigenvalue weighted by Gasteiger charge is -1.97. The second-order valence-electron chi connectivity index (χ2n) is 2.73. The molecule has 0 amide bonds. The average Bonchev–Trinajstić information content (AvgIpc) is 2.21. The minimum absolute atomic E-state index is 0.115. The van der Waals surface area contributed by atoms with Crippen LogP contribution in [0.5, 0.6) is 0 Å². The normalized spacial score (nSPS) is 10.3. The molecule has 0 aliphatic carbocycles. The molecule has 0 atom stereocenters. The summed E-state index contributed by atoms with van der Waals surface area (Å²) < 4.78 is 0. The molecule has 72 valence electrons. The molecule has 0 spiro atoms. The van der Waals surface area contributed by atoms with E-state index in [1.54, 1.807) is 18.3 Å². The van der Waals surface area contributed by atoms with E-state index >= 15 is 0 Å². The van der Waals surface area contributed by atoms with Crippen molar-refractivity contribution in [3.8, 4) is 6.07 Å². The van der Waals surface area contributed by atoms with Gasteiger partial charge in [-0.3, -0.25) is 0 Å². The number of nitriles is 1. The number of nitrogens with zero attached hydrogens (tertiary/aromatic N) is 2. The van der Waals surface area contributed by atoms with Gasteiger partial charge in [0.2, 0.25) is 0 Å². The third-order valence-electron chi connectivity index (χ3n) is 1.67. The van der Waals surface area contributed by atoms with Gasteiger partial charge in [0.1, 0.15) is 11.9 Å². The van der Waals surface area contributed by atoms with Gasteiger partial charge in [-0.1, -0.05) is 12.2 Å². The highest BCUT2D eigenvalue weighted by atomic mass is 16.2. The lowest BCUT2D eigenvalue weighted by atomic mass is 10.2. The second-order valence-corrected chi connectivity index (χ2v) is 2.73. The van der Waals surface area contributed by atoms with Crippen molar-refractivity contribution in [3.63, 3.8) is 0 Å². The van der Waals surface area contributed by atoms with Gasteiger partial charge in [0.25, 0.3) is 0 Å². The number of aliphatic hydroxyl groups excluding tert-OH is 1. The minimum Gasteiger partial charge on any atom is -0.396 e. The molecule has 1 aromatic heterocycles. The molecule has 4 heteroatoms. The molecule has 0 aliphatic heterocycles. The van der Waals surface area contributed by atoms with Crippen LogP contribution >= 0.6 is 0 Å². The predicted molar refractivity (Wildman–Crippen MR) is 54.1 cm³/mol. The lowest BCUT2D eigenvalue weighted by Crippen LogP contribution is -1.94. The third-order valence-corrected chi connectivity index (χ3v) is 1.67. The van der Waals surface area contributed by atoms with E-state index in [1.807, 2.05) is 12.1 Å². The Morgan fingerprint density at radius 1 is 1.64 bits per heavy atom. The summed E-state index contributed by atoms with van der Waals surface area (Å²) in [5.41, 5.74) is 6.64. The van der Waals surface area contributed by atoms with Crippen molar-refractivity contribution in [3.05, 3.63) is 29.5 Å². The first-order valence-electron chi connectivity index (χ1n) is 4.21. The molecule has 0 unspecified atom stereocenters. The summed E-state index contributed by atoms with van der Waals surface area (Å²) in [4.78, 5) is 3.87. The van der Waals surface area contributed by atoms with E-state index in [0.717, 1.165) is 5.56 Å². The number of nitrogen functional groups attached to an aromatic ring is 1. The van der Waals surface area contributed by atoms with Crippen molar-refractivity contribution in [2.75, 3.05) is 12.3 Å². The Morgan fingerprint density at radius 2 is 2.43 bits per heavy atom. The van der Waals surface area contributed by atoms with Crippen LogP contribution in [0, 0.1) is 11.3 Å². The van der Waals surface area contributed by atoms with Crippen molar-refractivity contribution in [2.45, 2.75) is 6.42 Å². The standard InChI is InChI=1S/C10H11N3O/c11-6-9-5-8(3-1-2-4-14)7-13-10(9)12/h1,3,5,7,14H,2,4H2,(H2,12,13). The van der Waals surface area contributed by atoms with Crippen LogP contribution in [0.1, 0.15) is 17.5 Å². The topological polar surface area (TPSA) is 82.9 Å². The van der Waals surface area contributed by atoms with Gasteiger partial charge in [-0.05, 0) is 18.1 Å². The summed E-state index contributed by atoms with van der Waals surface area (Å²) in [6.07, 6.45) is 5.79. The van der Waals surface area contributed by atoms with Crippen LogP contribution in [0.4, 0.5) is 5.82 Å². The Hall–Kier alpha value is -1.86. The van der Waals surface area contributed by atoms with Crippen molar-refractivity contribution < 1.29 is 5.11 Å². The van der Waals surface area contributed by atoms with Gasteiger partial charge in [0.05, 0.1) is 5.56 Å². The number of nitrogens with two attached hydrogens (primary N) is 1. The van der Waals surface area contributed by atoms with E-state index in [4.69, 9.17) is 16.1 Å². The Bertz CT molecular complexity index is 379. The summed E-state index contributed by atoms with van der Waals surface area (Å²) in [6.45, 7) is 0.115. The molecule has 0 aliphatic rings. The molecule has 3 N–H and O–H groups in total. The highest BCUT2D eigenvalue weighted by Gasteiger charge is 1.98. The highest BCUT2D eigenvalue weighted by molar-refractivity contribution is 5.57. The summed E-state index contributed by atoms with van der Waals surface area (Å²) in [7, 11) is 0. The first-order chi connectivity index (χ1) is 6.77. The molecule has 1 aromatic rings. The molecule has 1 rings (SSSR count). The quantitative estimate of drug-likeness (QED) is 0.741. The summed E-state index contributed by atoms with van der Waals surface area (Å²) in [5.74, 6) is 0.242. The molecule has 4 nitrogen and oxygen atoms in total. The van der Waals surface area contributed by atoms with E-state index in [0.29, 0.717) is 12.0 Å². The van der Waals surface area contributed by atoms with E-state index in [1.165, 1.54) is 0 Å². The number of hydrogen-bond donors (Lipinski definition) is 2. The van der Waals surface area contributed by atoms with Crippen molar-refractivity contribution >= 4 is 11.9 Å². The Kier molecular flexibility index (Phi) is 3.65. The smallest absolute Gasteiger partial charge is 0.141 e. The van der Waals surface area contributed by atoms with Gasteiger partial charge in [-0.2, -0.15) is 5.26 Å². The lowest BCUT2D eigenvalue weighted by molar-refractivity contribution is 0.303.